The lowest BCUT2D eigenvalue weighted by atomic mass is 9.97. The summed E-state index contributed by atoms with van der Waals surface area (Å²) in [4.78, 5) is 18.8. The number of carbonyl (C=O) groups is 1. The van der Waals surface area contributed by atoms with E-state index in [1.807, 2.05) is 42.2 Å². The van der Waals surface area contributed by atoms with Crippen molar-refractivity contribution in [2.24, 2.45) is 7.05 Å². The highest BCUT2D eigenvalue weighted by atomic mass is 16.5. The summed E-state index contributed by atoms with van der Waals surface area (Å²) >= 11 is 0. The number of Topliss-reactive ketones (excluding diaryl/α,β-unsaturated/α-hetero) is 1. The number of hydrogen-bond donors (Lipinski definition) is 0. The van der Waals surface area contributed by atoms with Gasteiger partial charge in [-0.1, -0.05) is 0 Å². The molecule has 1 aliphatic rings. The number of rotatable bonds is 3. The van der Waals surface area contributed by atoms with E-state index in [0.29, 0.717) is 0 Å². The fourth-order valence-corrected chi connectivity index (χ4v) is 3.45. The zero-order valence-electron chi connectivity index (χ0n) is 14.5. The SMILES string of the molecule is CC(=O)c1ccc(N2CCOCC2)c(-c2ccnc3c2ccn3C)c1. The van der Waals surface area contributed by atoms with Gasteiger partial charge in [0.25, 0.3) is 0 Å². The number of aryl methyl sites for hydroxylation is 1. The Hall–Kier alpha value is -2.66. The van der Waals surface area contributed by atoms with E-state index < -0.39 is 0 Å². The number of benzene rings is 1. The average molecular weight is 335 g/mol. The normalized spacial score (nSPS) is 14.9. The van der Waals surface area contributed by atoms with E-state index in [-0.39, 0.29) is 5.78 Å². The molecule has 128 valence electrons. The van der Waals surface area contributed by atoms with Crippen LogP contribution in [0.25, 0.3) is 22.2 Å². The highest BCUT2D eigenvalue weighted by Crippen LogP contribution is 2.36. The van der Waals surface area contributed by atoms with Crippen LogP contribution in [0, 0.1) is 0 Å². The van der Waals surface area contributed by atoms with Gasteiger partial charge in [0.2, 0.25) is 0 Å². The Morgan fingerprint density at radius 2 is 1.92 bits per heavy atom. The third kappa shape index (κ3) is 2.81. The number of fused-ring (bicyclic) bond motifs is 1. The summed E-state index contributed by atoms with van der Waals surface area (Å²) in [5.74, 6) is 0.0770. The van der Waals surface area contributed by atoms with Crippen LogP contribution in [0.15, 0.2) is 42.7 Å². The summed E-state index contributed by atoms with van der Waals surface area (Å²) in [6, 6.07) is 10.1. The summed E-state index contributed by atoms with van der Waals surface area (Å²) < 4.78 is 7.51. The van der Waals surface area contributed by atoms with E-state index in [1.54, 1.807) is 6.92 Å². The molecule has 3 heterocycles. The Bertz CT molecular complexity index is 939. The van der Waals surface area contributed by atoms with Gasteiger partial charge in [0.15, 0.2) is 5.78 Å². The third-order valence-electron chi connectivity index (χ3n) is 4.81. The van der Waals surface area contributed by atoms with E-state index in [2.05, 4.69) is 22.0 Å². The second-order valence-electron chi connectivity index (χ2n) is 6.41. The molecule has 0 N–H and O–H groups in total. The van der Waals surface area contributed by atoms with Crippen LogP contribution < -0.4 is 4.90 Å². The molecule has 1 fully saturated rings. The molecular weight excluding hydrogens is 314 g/mol. The Morgan fingerprint density at radius 1 is 1.12 bits per heavy atom. The predicted molar refractivity (Wildman–Crippen MR) is 99.2 cm³/mol. The van der Waals surface area contributed by atoms with Crippen LogP contribution in [0.5, 0.6) is 0 Å². The minimum atomic E-state index is 0.0770. The maximum atomic E-state index is 11.9. The monoisotopic (exact) mass is 335 g/mol. The van der Waals surface area contributed by atoms with Crippen LogP contribution in [0.4, 0.5) is 5.69 Å². The zero-order valence-corrected chi connectivity index (χ0v) is 14.5. The molecule has 1 saturated heterocycles. The number of aromatic nitrogens is 2. The fraction of sp³-hybridized carbons (Fsp3) is 0.300. The summed E-state index contributed by atoms with van der Waals surface area (Å²) in [5.41, 5.74) is 5.00. The smallest absolute Gasteiger partial charge is 0.159 e. The molecule has 0 amide bonds. The molecule has 5 heteroatoms. The number of nitrogens with zero attached hydrogens (tertiary/aromatic N) is 3. The first-order valence-corrected chi connectivity index (χ1v) is 8.53. The maximum Gasteiger partial charge on any atom is 0.159 e. The Labute approximate surface area is 146 Å². The molecule has 5 nitrogen and oxygen atoms in total. The van der Waals surface area contributed by atoms with Gasteiger partial charge in [0, 0.05) is 54.7 Å². The number of hydrogen-bond acceptors (Lipinski definition) is 4. The Kier molecular flexibility index (Phi) is 4.01. The standard InChI is InChI=1S/C20H21N3O2/c1-14(24)15-3-4-19(23-9-11-25-12-10-23)18(13-15)16-5-7-21-20-17(16)6-8-22(20)2/h3-8,13H,9-12H2,1-2H3. The van der Waals surface area contributed by atoms with Crippen molar-refractivity contribution in [3.8, 4) is 11.1 Å². The Morgan fingerprint density at radius 3 is 2.68 bits per heavy atom. The number of ketones is 1. The van der Waals surface area contributed by atoms with Crippen LogP contribution in [0.1, 0.15) is 17.3 Å². The van der Waals surface area contributed by atoms with Crippen molar-refractivity contribution in [1.29, 1.82) is 0 Å². The van der Waals surface area contributed by atoms with Crippen molar-refractivity contribution >= 4 is 22.5 Å². The molecule has 0 bridgehead atoms. The quantitative estimate of drug-likeness (QED) is 0.689. The van der Waals surface area contributed by atoms with Crippen molar-refractivity contribution in [3.63, 3.8) is 0 Å². The van der Waals surface area contributed by atoms with Crippen molar-refractivity contribution < 1.29 is 9.53 Å². The van der Waals surface area contributed by atoms with Gasteiger partial charge in [-0.25, -0.2) is 4.98 Å². The van der Waals surface area contributed by atoms with Gasteiger partial charge in [0.1, 0.15) is 5.65 Å². The lowest BCUT2D eigenvalue weighted by Gasteiger charge is -2.31. The molecule has 3 aromatic rings. The predicted octanol–water partition coefficient (Wildman–Crippen LogP) is 3.28. The average Bonchev–Trinajstić information content (AvgIpc) is 3.03. The molecule has 1 aromatic carbocycles. The lowest BCUT2D eigenvalue weighted by molar-refractivity contribution is 0.101. The van der Waals surface area contributed by atoms with E-state index in [9.17, 15) is 4.79 Å². The number of carbonyl (C=O) groups excluding carboxylic acids is 1. The third-order valence-corrected chi connectivity index (χ3v) is 4.81. The maximum absolute atomic E-state index is 11.9. The van der Waals surface area contributed by atoms with Gasteiger partial charge in [-0.15, -0.1) is 0 Å². The van der Waals surface area contributed by atoms with E-state index >= 15 is 0 Å². The lowest BCUT2D eigenvalue weighted by Crippen LogP contribution is -2.36. The molecule has 0 aliphatic carbocycles. The summed E-state index contributed by atoms with van der Waals surface area (Å²) in [6.45, 7) is 4.78. The van der Waals surface area contributed by atoms with Crippen LogP contribution in [-0.4, -0.2) is 41.6 Å². The van der Waals surface area contributed by atoms with Gasteiger partial charge in [-0.05, 0) is 42.8 Å². The van der Waals surface area contributed by atoms with Crippen LogP contribution in [0.3, 0.4) is 0 Å². The van der Waals surface area contributed by atoms with Crippen LogP contribution in [0.2, 0.25) is 0 Å². The molecule has 0 unspecified atom stereocenters. The van der Waals surface area contributed by atoms with E-state index in [0.717, 1.165) is 59.7 Å². The van der Waals surface area contributed by atoms with Gasteiger partial charge >= 0.3 is 0 Å². The topological polar surface area (TPSA) is 47.4 Å². The zero-order chi connectivity index (χ0) is 17.4. The number of anilines is 1. The molecule has 0 saturated carbocycles. The summed E-state index contributed by atoms with van der Waals surface area (Å²) in [6.07, 6.45) is 3.85. The fourth-order valence-electron chi connectivity index (χ4n) is 3.45. The highest BCUT2D eigenvalue weighted by molar-refractivity contribution is 6.01. The highest BCUT2D eigenvalue weighted by Gasteiger charge is 2.19. The second-order valence-corrected chi connectivity index (χ2v) is 6.41. The van der Waals surface area contributed by atoms with Crippen molar-refractivity contribution in [2.45, 2.75) is 6.92 Å². The van der Waals surface area contributed by atoms with Gasteiger partial charge in [0.05, 0.1) is 13.2 Å². The van der Waals surface area contributed by atoms with Crippen molar-refractivity contribution in [1.82, 2.24) is 9.55 Å². The van der Waals surface area contributed by atoms with Crippen LogP contribution >= 0.6 is 0 Å². The molecule has 25 heavy (non-hydrogen) atoms. The molecule has 0 atom stereocenters. The molecule has 0 radical (unpaired) electrons. The van der Waals surface area contributed by atoms with E-state index in [1.165, 1.54) is 0 Å². The summed E-state index contributed by atoms with van der Waals surface area (Å²) in [5, 5.41) is 1.10. The van der Waals surface area contributed by atoms with Gasteiger partial charge in [-0.2, -0.15) is 0 Å². The summed E-state index contributed by atoms with van der Waals surface area (Å²) in [7, 11) is 1.99. The van der Waals surface area contributed by atoms with Crippen molar-refractivity contribution in [3.05, 3.63) is 48.3 Å². The number of pyridine rings is 1. The Balaban J connectivity index is 1.93. The largest absolute Gasteiger partial charge is 0.378 e. The molecule has 0 spiro atoms. The minimum Gasteiger partial charge on any atom is -0.378 e. The molecule has 2 aromatic heterocycles. The van der Waals surface area contributed by atoms with E-state index in [4.69, 9.17) is 4.74 Å². The van der Waals surface area contributed by atoms with Crippen LogP contribution in [-0.2, 0) is 11.8 Å². The molecule has 1 aliphatic heterocycles. The van der Waals surface area contributed by atoms with Gasteiger partial charge < -0.3 is 14.2 Å². The van der Waals surface area contributed by atoms with Crippen molar-refractivity contribution in [2.75, 3.05) is 31.2 Å². The first-order chi connectivity index (χ1) is 12.1. The minimum absolute atomic E-state index is 0.0770. The second kappa shape index (κ2) is 6.33. The van der Waals surface area contributed by atoms with Gasteiger partial charge in [-0.3, -0.25) is 4.79 Å². The first-order valence-electron chi connectivity index (χ1n) is 8.53. The molecular formula is C20H21N3O2. The first kappa shape index (κ1) is 15.8. The molecule has 4 rings (SSSR count). The number of ether oxygens (including phenoxy) is 1. The number of morpholine rings is 1.